The van der Waals surface area contributed by atoms with Gasteiger partial charge in [-0.05, 0) is 30.4 Å². The molecule has 5 nitrogen and oxygen atoms in total. The van der Waals surface area contributed by atoms with Gasteiger partial charge in [-0.25, -0.2) is 8.42 Å². The first-order valence-corrected chi connectivity index (χ1v) is 7.05. The van der Waals surface area contributed by atoms with Crippen LogP contribution >= 0.6 is 11.3 Å². The Bertz CT molecular complexity index is 519. The van der Waals surface area contributed by atoms with Crippen molar-refractivity contribution in [1.29, 1.82) is 0 Å². The van der Waals surface area contributed by atoms with Gasteiger partial charge in [0.05, 0.1) is 0 Å². The van der Waals surface area contributed by atoms with Gasteiger partial charge in [0.25, 0.3) is 10.0 Å². The number of carboxylic acid groups (broad SMARTS) is 1. The van der Waals surface area contributed by atoms with E-state index in [2.05, 4.69) is 0 Å². The lowest BCUT2D eigenvalue weighted by Crippen LogP contribution is -2.54. The van der Waals surface area contributed by atoms with Crippen LogP contribution in [0.4, 0.5) is 0 Å². The summed E-state index contributed by atoms with van der Waals surface area (Å²) in [6.07, 6.45) is 0.388. The summed E-state index contributed by atoms with van der Waals surface area (Å²) < 4.78 is 25.5. The first-order chi connectivity index (χ1) is 7.44. The summed E-state index contributed by atoms with van der Waals surface area (Å²) in [6.45, 7) is 2.00. The molecule has 0 saturated carbocycles. The third-order valence-corrected chi connectivity index (χ3v) is 6.19. The third-order valence-electron chi connectivity index (χ3n) is 2.61. The van der Waals surface area contributed by atoms with Gasteiger partial charge in [0, 0.05) is 6.54 Å². The molecule has 0 aromatic carbocycles. The van der Waals surface area contributed by atoms with Gasteiger partial charge in [-0.1, -0.05) is 0 Å². The predicted molar refractivity (Wildman–Crippen MR) is 59.0 cm³/mol. The molecule has 1 N–H and O–H groups in total. The van der Waals surface area contributed by atoms with E-state index in [-0.39, 0.29) is 10.8 Å². The monoisotopic (exact) mass is 261 g/mol. The summed E-state index contributed by atoms with van der Waals surface area (Å²) in [4.78, 5) is 10.8. The number of carboxylic acids is 1. The zero-order valence-corrected chi connectivity index (χ0v) is 10.2. The average Bonchev–Trinajstić information content (AvgIpc) is 2.47. The van der Waals surface area contributed by atoms with Crippen LogP contribution in [0.1, 0.15) is 12.0 Å². The van der Waals surface area contributed by atoms with Gasteiger partial charge >= 0.3 is 5.97 Å². The number of sulfonamides is 1. The van der Waals surface area contributed by atoms with Crippen molar-refractivity contribution in [3.05, 3.63) is 17.0 Å². The van der Waals surface area contributed by atoms with Gasteiger partial charge in [0.15, 0.2) is 0 Å². The highest BCUT2D eigenvalue weighted by Crippen LogP contribution is 2.31. The van der Waals surface area contributed by atoms with E-state index in [0.29, 0.717) is 12.0 Å². The van der Waals surface area contributed by atoms with Crippen molar-refractivity contribution >= 4 is 27.3 Å². The molecule has 0 spiro atoms. The lowest BCUT2D eigenvalue weighted by molar-refractivity contribution is -0.144. The minimum Gasteiger partial charge on any atom is -0.480 e. The highest BCUT2D eigenvalue weighted by Gasteiger charge is 2.43. The topological polar surface area (TPSA) is 74.7 Å². The Hall–Kier alpha value is -0.920. The fourth-order valence-corrected chi connectivity index (χ4v) is 4.78. The molecule has 1 aromatic rings. The molecule has 1 atom stereocenters. The van der Waals surface area contributed by atoms with Crippen molar-refractivity contribution in [1.82, 2.24) is 4.31 Å². The van der Waals surface area contributed by atoms with E-state index < -0.39 is 22.0 Å². The number of thiophene rings is 1. The number of hydrogen-bond donors (Lipinski definition) is 1. The minimum atomic E-state index is -3.61. The Morgan fingerprint density at radius 3 is 2.69 bits per heavy atom. The molecule has 1 aromatic heterocycles. The highest BCUT2D eigenvalue weighted by molar-refractivity contribution is 7.91. The number of aliphatic carboxylic acids is 1. The Balaban J connectivity index is 2.34. The third kappa shape index (κ3) is 1.64. The van der Waals surface area contributed by atoms with Crippen LogP contribution in [-0.4, -0.2) is 36.4 Å². The summed E-state index contributed by atoms with van der Waals surface area (Å²) in [6, 6.07) is 0.819. The maximum absolute atomic E-state index is 12.1. The van der Waals surface area contributed by atoms with E-state index in [1.165, 1.54) is 0 Å². The summed E-state index contributed by atoms with van der Waals surface area (Å²) in [7, 11) is -3.61. The van der Waals surface area contributed by atoms with Gasteiger partial charge < -0.3 is 5.11 Å². The summed E-state index contributed by atoms with van der Waals surface area (Å²) in [5.74, 6) is -1.08. The van der Waals surface area contributed by atoms with Crippen LogP contribution in [0, 0.1) is 6.92 Å². The number of carbonyl (C=O) groups is 1. The quantitative estimate of drug-likeness (QED) is 0.877. The molecule has 7 heteroatoms. The van der Waals surface area contributed by atoms with Crippen LogP contribution in [0.25, 0.3) is 0 Å². The molecule has 1 aliphatic heterocycles. The van der Waals surface area contributed by atoms with Crippen LogP contribution < -0.4 is 0 Å². The lowest BCUT2D eigenvalue weighted by Gasteiger charge is -2.36. The summed E-state index contributed by atoms with van der Waals surface area (Å²) >= 11 is 1.13. The maximum atomic E-state index is 12.1. The summed E-state index contributed by atoms with van der Waals surface area (Å²) in [5.41, 5.74) is 0.668. The predicted octanol–water partition coefficient (Wildman–Crippen LogP) is 0.904. The Morgan fingerprint density at radius 1 is 1.62 bits per heavy atom. The van der Waals surface area contributed by atoms with Crippen molar-refractivity contribution in [2.75, 3.05) is 6.54 Å². The number of rotatable bonds is 3. The standard InChI is InChI=1S/C9H11NO4S2/c1-6-3-5-15-9(6)16(13,14)10-4-2-7(10)8(11)12/h3,5,7H,2,4H2,1H3,(H,11,12)/t7-/m0/s1. The Labute approximate surface area is 97.4 Å². The highest BCUT2D eigenvalue weighted by atomic mass is 32.2. The normalized spacial score (nSPS) is 21.7. The van der Waals surface area contributed by atoms with Crippen molar-refractivity contribution in [3.63, 3.8) is 0 Å². The van der Waals surface area contributed by atoms with E-state index >= 15 is 0 Å². The molecule has 1 saturated heterocycles. The largest absolute Gasteiger partial charge is 0.480 e. The van der Waals surface area contributed by atoms with Crippen LogP contribution in [0.5, 0.6) is 0 Å². The molecule has 0 aliphatic carbocycles. The Morgan fingerprint density at radius 2 is 2.31 bits per heavy atom. The fourth-order valence-electron chi connectivity index (χ4n) is 1.63. The van der Waals surface area contributed by atoms with E-state index in [9.17, 15) is 13.2 Å². The maximum Gasteiger partial charge on any atom is 0.322 e. The average molecular weight is 261 g/mol. The molecule has 0 radical (unpaired) electrons. The second kappa shape index (κ2) is 3.83. The molecular formula is C9H11NO4S2. The fraction of sp³-hybridized carbons (Fsp3) is 0.444. The van der Waals surface area contributed by atoms with E-state index in [1.54, 1.807) is 18.4 Å². The van der Waals surface area contributed by atoms with Gasteiger partial charge in [-0.2, -0.15) is 4.31 Å². The zero-order chi connectivity index (χ0) is 11.9. The van der Waals surface area contributed by atoms with Crippen LogP contribution in [0.15, 0.2) is 15.7 Å². The first kappa shape index (κ1) is 11.6. The molecule has 1 fully saturated rings. The van der Waals surface area contributed by atoms with Crippen molar-refractivity contribution in [2.45, 2.75) is 23.6 Å². The molecule has 2 heterocycles. The van der Waals surface area contributed by atoms with Crippen molar-refractivity contribution < 1.29 is 18.3 Å². The molecular weight excluding hydrogens is 250 g/mol. The second-order valence-corrected chi connectivity index (χ2v) is 6.65. The zero-order valence-electron chi connectivity index (χ0n) is 8.58. The lowest BCUT2D eigenvalue weighted by atomic mass is 10.1. The van der Waals surface area contributed by atoms with Crippen molar-refractivity contribution in [3.8, 4) is 0 Å². The molecule has 16 heavy (non-hydrogen) atoms. The molecule has 0 unspecified atom stereocenters. The van der Waals surface area contributed by atoms with Gasteiger partial charge in [-0.3, -0.25) is 4.79 Å². The smallest absolute Gasteiger partial charge is 0.322 e. The first-order valence-electron chi connectivity index (χ1n) is 4.73. The van der Waals surface area contributed by atoms with Gasteiger partial charge in [-0.15, -0.1) is 11.3 Å². The number of aryl methyl sites for hydroxylation is 1. The molecule has 0 bridgehead atoms. The van der Waals surface area contributed by atoms with Crippen LogP contribution in [0.2, 0.25) is 0 Å². The van der Waals surface area contributed by atoms with E-state index in [0.717, 1.165) is 15.6 Å². The SMILES string of the molecule is Cc1ccsc1S(=O)(=O)N1CC[C@H]1C(=O)O. The molecule has 88 valence electrons. The second-order valence-electron chi connectivity index (χ2n) is 3.65. The number of nitrogens with zero attached hydrogens (tertiary/aromatic N) is 1. The van der Waals surface area contributed by atoms with Crippen molar-refractivity contribution in [2.24, 2.45) is 0 Å². The molecule has 1 aliphatic rings. The van der Waals surface area contributed by atoms with E-state index in [1.807, 2.05) is 0 Å². The van der Waals surface area contributed by atoms with E-state index in [4.69, 9.17) is 5.11 Å². The van der Waals surface area contributed by atoms with Crippen LogP contribution in [-0.2, 0) is 14.8 Å². The minimum absolute atomic E-state index is 0.249. The summed E-state index contributed by atoms with van der Waals surface area (Å²) in [5, 5.41) is 10.5. The van der Waals surface area contributed by atoms with Crippen LogP contribution in [0.3, 0.4) is 0 Å². The Kier molecular flexibility index (Phi) is 2.77. The van der Waals surface area contributed by atoms with Gasteiger partial charge in [0.2, 0.25) is 0 Å². The van der Waals surface area contributed by atoms with Gasteiger partial charge in [0.1, 0.15) is 10.3 Å². The molecule has 0 amide bonds. The molecule has 2 rings (SSSR count). The number of hydrogen-bond acceptors (Lipinski definition) is 4.